The van der Waals surface area contributed by atoms with Crippen LogP contribution in [0, 0.1) is 10.7 Å². The molecule has 0 fully saturated rings. The topological polar surface area (TPSA) is 65.0 Å². The average Bonchev–Trinajstić information content (AvgIpc) is 2.69. The third-order valence-electron chi connectivity index (χ3n) is 3.74. The quantitative estimate of drug-likeness (QED) is 0.167. The third kappa shape index (κ3) is 6.88. The van der Waals surface area contributed by atoms with E-state index >= 15 is 0 Å². The van der Waals surface area contributed by atoms with E-state index in [0.717, 1.165) is 5.56 Å². The van der Waals surface area contributed by atoms with E-state index in [-0.39, 0.29) is 25.0 Å². The second-order valence-corrected chi connectivity index (χ2v) is 8.25. The molecule has 0 bridgehead atoms. The van der Waals surface area contributed by atoms with Gasteiger partial charge in [-0.15, -0.1) is 4.91 Å². The first kappa shape index (κ1) is 21.2. The normalized spacial score (nSPS) is 11.6. The number of esters is 1. The first-order valence-corrected chi connectivity index (χ1v) is 10.8. The van der Waals surface area contributed by atoms with Crippen molar-refractivity contribution in [2.24, 2.45) is 5.34 Å². The van der Waals surface area contributed by atoms with E-state index in [1.807, 2.05) is 30.3 Å². The largest absolute Gasteiger partial charge is 0.464 e. The van der Waals surface area contributed by atoms with Crippen molar-refractivity contribution in [1.29, 1.82) is 0 Å². The lowest BCUT2D eigenvalue weighted by Gasteiger charge is -2.13. The monoisotopic (exact) mass is 409 g/mol. The van der Waals surface area contributed by atoms with E-state index in [0.29, 0.717) is 22.6 Å². The van der Waals surface area contributed by atoms with Gasteiger partial charge in [-0.05, 0) is 24.1 Å². The second-order valence-electron chi connectivity index (χ2n) is 5.55. The molecule has 0 radical (unpaired) electrons. The summed E-state index contributed by atoms with van der Waals surface area (Å²) in [5, 5.41) is 2.30. The molecule has 144 valence electrons. The van der Waals surface area contributed by atoms with Gasteiger partial charge in [0.05, 0.1) is 5.92 Å². The highest BCUT2D eigenvalue weighted by molar-refractivity contribution is 8.76. The molecule has 0 aliphatic rings. The lowest BCUT2D eigenvalue weighted by Crippen LogP contribution is -2.15. The van der Waals surface area contributed by atoms with E-state index in [1.54, 1.807) is 19.1 Å². The number of hydrogen-bond donors (Lipinski definition) is 0. The molecule has 0 saturated heterocycles. The van der Waals surface area contributed by atoms with Crippen molar-refractivity contribution in [3.63, 3.8) is 0 Å². The Balaban J connectivity index is 1.81. The van der Waals surface area contributed by atoms with Gasteiger partial charge < -0.3 is 9.57 Å². The Morgan fingerprint density at radius 1 is 1.11 bits per heavy atom. The maximum atomic E-state index is 14.4. The average molecular weight is 410 g/mol. The van der Waals surface area contributed by atoms with Crippen molar-refractivity contribution in [1.82, 2.24) is 0 Å². The first-order valence-electron chi connectivity index (χ1n) is 8.34. The molecule has 1 atom stereocenters. The molecule has 8 heteroatoms. The number of benzene rings is 2. The molecule has 0 spiro atoms. The fourth-order valence-electron chi connectivity index (χ4n) is 2.32. The molecule has 2 aromatic rings. The van der Waals surface area contributed by atoms with Gasteiger partial charge in [0, 0.05) is 17.1 Å². The predicted molar refractivity (Wildman–Crippen MR) is 108 cm³/mol. The van der Waals surface area contributed by atoms with Crippen molar-refractivity contribution < 1.29 is 18.8 Å². The van der Waals surface area contributed by atoms with Crippen LogP contribution in [0.3, 0.4) is 0 Å². The molecule has 0 aliphatic heterocycles. The summed E-state index contributed by atoms with van der Waals surface area (Å²) in [5.41, 5.74) is 1.88. The standard InChI is InChI=1S/C19H20FNO4S2/c1-14(19(22)24-9-11-26-27-12-10-25-21-23)16-7-8-17(18(20)13-16)15-5-3-2-4-6-15/h2-8,13-14H,9-12H2,1H3. The third-order valence-corrected chi connectivity index (χ3v) is 6.07. The summed E-state index contributed by atoms with van der Waals surface area (Å²) >= 11 is 0. The molecule has 2 aromatic carbocycles. The lowest BCUT2D eigenvalue weighted by molar-refractivity contribution is -0.144. The van der Waals surface area contributed by atoms with Crippen LogP contribution in [0.2, 0.25) is 0 Å². The highest BCUT2D eigenvalue weighted by Crippen LogP contribution is 2.27. The Morgan fingerprint density at radius 2 is 1.81 bits per heavy atom. The van der Waals surface area contributed by atoms with E-state index in [1.165, 1.54) is 27.7 Å². The molecule has 0 N–H and O–H groups in total. The fraction of sp³-hybridized carbons (Fsp3) is 0.316. The summed E-state index contributed by atoms with van der Waals surface area (Å²) < 4.78 is 19.7. The number of ether oxygens (including phenoxy) is 1. The van der Waals surface area contributed by atoms with Gasteiger partial charge in [0.15, 0.2) is 5.34 Å². The van der Waals surface area contributed by atoms with Gasteiger partial charge in [-0.3, -0.25) is 4.79 Å². The van der Waals surface area contributed by atoms with Crippen LogP contribution >= 0.6 is 21.6 Å². The molecule has 1 unspecified atom stereocenters. The number of carbonyl (C=O) groups is 1. The van der Waals surface area contributed by atoms with Crippen LogP contribution < -0.4 is 0 Å². The van der Waals surface area contributed by atoms with Crippen LogP contribution in [0.15, 0.2) is 53.9 Å². The summed E-state index contributed by atoms with van der Waals surface area (Å²) in [6.07, 6.45) is 0. The van der Waals surface area contributed by atoms with Crippen molar-refractivity contribution in [2.75, 3.05) is 24.7 Å². The van der Waals surface area contributed by atoms with Crippen LogP contribution in [0.25, 0.3) is 11.1 Å². The maximum Gasteiger partial charge on any atom is 0.313 e. The van der Waals surface area contributed by atoms with Crippen LogP contribution in [0.4, 0.5) is 4.39 Å². The molecule has 5 nitrogen and oxygen atoms in total. The van der Waals surface area contributed by atoms with Crippen LogP contribution in [0.1, 0.15) is 18.4 Å². The molecule has 0 aromatic heterocycles. The summed E-state index contributed by atoms with van der Waals surface area (Å²) in [4.78, 5) is 26.2. The predicted octanol–water partition coefficient (Wildman–Crippen LogP) is 5.22. The van der Waals surface area contributed by atoms with Crippen LogP contribution in [-0.2, 0) is 14.4 Å². The summed E-state index contributed by atoms with van der Waals surface area (Å²) in [5.74, 6) is -0.0699. The molecule has 2 rings (SSSR count). The van der Waals surface area contributed by atoms with Crippen molar-refractivity contribution in [2.45, 2.75) is 12.8 Å². The van der Waals surface area contributed by atoms with Crippen LogP contribution in [-0.4, -0.2) is 30.7 Å². The Morgan fingerprint density at radius 3 is 2.48 bits per heavy atom. The van der Waals surface area contributed by atoms with Gasteiger partial charge in [0.2, 0.25) is 0 Å². The molecule has 0 amide bonds. The van der Waals surface area contributed by atoms with Crippen molar-refractivity contribution in [3.8, 4) is 11.1 Å². The SMILES string of the molecule is CC(C(=O)OCCSSCCON=O)c1ccc(-c2ccccc2)c(F)c1. The Bertz CT molecular complexity index is 746. The lowest BCUT2D eigenvalue weighted by atomic mass is 9.97. The zero-order valence-electron chi connectivity index (χ0n) is 14.8. The van der Waals surface area contributed by atoms with E-state index in [2.05, 4.69) is 10.2 Å². The number of rotatable bonds is 11. The summed E-state index contributed by atoms with van der Waals surface area (Å²) in [7, 11) is 3.01. The van der Waals surface area contributed by atoms with Gasteiger partial charge in [-0.2, -0.15) is 0 Å². The highest BCUT2D eigenvalue weighted by atomic mass is 33.1. The van der Waals surface area contributed by atoms with Crippen molar-refractivity contribution >= 4 is 27.6 Å². The van der Waals surface area contributed by atoms with E-state index in [4.69, 9.17) is 4.74 Å². The minimum absolute atomic E-state index is 0.253. The molecule has 0 heterocycles. The minimum atomic E-state index is -0.547. The Labute approximate surface area is 165 Å². The first-order chi connectivity index (χ1) is 13.1. The maximum absolute atomic E-state index is 14.4. The number of nitrogens with zero attached hydrogens (tertiary/aromatic N) is 1. The second kappa shape index (κ2) is 11.6. The summed E-state index contributed by atoms with van der Waals surface area (Å²) in [6.45, 7) is 2.21. The van der Waals surface area contributed by atoms with Gasteiger partial charge in [-0.1, -0.05) is 64.1 Å². The van der Waals surface area contributed by atoms with Gasteiger partial charge in [0.25, 0.3) is 0 Å². The number of carbonyl (C=O) groups excluding carboxylic acids is 1. The molecule has 27 heavy (non-hydrogen) atoms. The molecule has 0 saturated carbocycles. The van der Waals surface area contributed by atoms with E-state index < -0.39 is 5.92 Å². The van der Waals surface area contributed by atoms with Gasteiger partial charge >= 0.3 is 5.97 Å². The van der Waals surface area contributed by atoms with E-state index in [9.17, 15) is 14.1 Å². The van der Waals surface area contributed by atoms with Crippen molar-refractivity contribution in [3.05, 3.63) is 64.8 Å². The van der Waals surface area contributed by atoms with Gasteiger partial charge in [0.1, 0.15) is 19.0 Å². The zero-order valence-corrected chi connectivity index (χ0v) is 16.4. The number of hydrogen-bond acceptors (Lipinski definition) is 7. The minimum Gasteiger partial charge on any atom is -0.464 e. The molecular weight excluding hydrogens is 389 g/mol. The Kier molecular flexibility index (Phi) is 9.13. The molecule has 0 aliphatic carbocycles. The van der Waals surface area contributed by atoms with Crippen LogP contribution in [0.5, 0.6) is 0 Å². The van der Waals surface area contributed by atoms with Gasteiger partial charge in [-0.25, -0.2) is 4.39 Å². The number of halogens is 1. The Hall–Kier alpha value is -2.06. The molecular formula is C19H20FNO4S2. The smallest absolute Gasteiger partial charge is 0.313 e. The fourth-order valence-corrected chi connectivity index (χ4v) is 3.96. The zero-order chi connectivity index (χ0) is 19.5. The summed E-state index contributed by atoms with van der Waals surface area (Å²) in [6, 6.07) is 14.1. The highest BCUT2D eigenvalue weighted by Gasteiger charge is 2.18.